The molecule has 2 aliphatic carbocycles. The van der Waals surface area contributed by atoms with E-state index in [0.29, 0.717) is 12.4 Å². The molecule has 0 N–H and O–H groups in total. The largest absolute Gasteiger partial charge is 0.486 e. The summed E-state index contributed by atoms with van der Waals surface area (Å²) in [5.74, 6) is 1.54. The van der Waals surface area contributed by atoms with E-state index < -0.39 is 0 Å². The average Bonchev–Trinajstić information content (AvgIpc) is 3.21. The zero-order chi connectivity index (χ0) is 20.8. The molecule has 0 unspecified atom stereocenters. The fraction of sp³-hybridized carbons (Fsp3) is 0.346. The Kier molecular flexibility index (Phi) is 4.30. The summed E-state index contributed by atoms with van der Waals surface area (Å²) in [5, 5.41) is 4.71. The van der Waals surface area contributed by atoms with Gasteiger partial charge in [-0.05, 0) is 49.4 Å². The molecule has 1 spiro atoms. The zero-order valence-corrected chi connectivity index (χ0v) is 17.8. The second-order valence-electron chi connectivity index (χ2n) is 9.04. The Bertz CT molecular complexity index is 1270. The quantitative estimate of drug-likeness (QED) is 0.451. The van der Waals surface area contributed by atoms with Crippen LogP contribution in [0.3, 0.4) is 0 Å². The minimum absolute atomic E-state index is 0.110. The summed E-state index contributed by atoms with van der Waals surface area (Å²) in [6.07, 6.45) is 9.11. The summed E-state index contributed by atoms with van der Waals surface area (Å²) in [4.78, 5) is 9.87. The molecule has 5 heteroatoms. The lowest BCUT2D eigenvalue weighted by molar-refractivity contribution is 0.288. The third-order valence-corrected chi connectivity index (χ3v) is 6.93. The molecule has 1 saturated carbocycles. The Balaban J connectivity index is 1.45. The molecule has 1 fully saturated rings. The number of ether oxygens (including phenoxy) is 1. The molecule has 31 heavy (non-hydrogen) atoms. The minimum Gasteiger partial charge on any atom is -0.486 e. The standard InChI is InChI=1S/C26H26N4O/c1-18-8-7-10-20(14-18)31-16-22-28-25-23-24(27-17-30(25)29-22)21-11-4-3-9-19(21)15-26(23)12-5-2-6-13-26/h3-4,7-11,14,17H,2,5-6,12-13,15-16H2,1H3. The maximum absolute atomic E-state index is 5.98. The van der Waals surface area contributed by atoms with Gasteiger partial charge in [0, 0.05) is 16.5 Å². The molecule has 0 atom stereocenters. The molecule has 0 aliphatic heterocycles. The first-order valence-electron chi connectivity index (χ1n) is 11.2. The number of nitrogens with zero attached hydrogens (tertiary/aromatic N) is 4. The summed E-state index contributed by atoms with van der Waals surface area (Å²) in [6.45, 7) is 2.42. The normalized spacial score (nSPS) is 16.8. The van der Waals surface area contributed by atoms with E-state index >= 15 is 0 Å². The van der Waals surface area contributed by atoms with Crippen molar-refractivity contribution in [3.05, 3.63) is 77.4 Å². The van der Waals surface area contributed by atoms with Crippen molar-refractivity contribution < 1.29 is 4.74 Å². The monoisotopic (exact) mass is 410 g/mol. The van der Waals surface area contributed by atoms with Crippen molar-refractivity contribution in [2.24, 2.45) is 0 Å². The van der Waals surface area contributed by atoms with E-state index in [0.717, 1.165) is 23.5 Å². The van der Waals surface area contributed by atoms with Crippen LogP contribution in [0.4, 0.5) is 0 Å². The molecule has 2 aliphatic rings. The van der Waals surface area contributed by atoms with E-state index in [1.165, 1.54) is 54.4 Å². The molecule has 2 aromatic heterocycles. The highest BCUT2D eigenvalue weighted by molar-refractivity contribution is 5.77. The fourth-order valence-electron chi connectivity index (χ4n) is 5.52. The van der Waals surface area contributed by atoms with Gasteiger partial charge in [-0.2, -0.15) is 0 Å². The third kappa shape index (κ3) is 3.11. The average molecular weight is 411 g/mol. The van der Waals surface area contributed by atoms with Crippen molar-refractivity contribution in [1.82, 2.24) is 19.6 Å². The molecule has 5 nitrogen and oxygen atoms in total. The SMILES string of the molecule is Cc1cccc(OCc2nc3c4c(ncn3n2)-c2ccccc2CC42CCCCC2)c1. The summed E-state index contributed by atoms with van der Waals surface area (Å²) >= 11 is 0. The van der Waals surface area contributed by atoms with Gasteiger partial charge in [-0.1, -0.05) is 55.7 Å². The van der Waals surface area contributed by atoms with Crippen LogP contribution in [0.2, 0.25) is 0 Å². The lowest BCUT2D eigenvalue weighted by atomic mass is 9.62. The number of hydrogen-bond donors (Lipinski definition) is 0. The van der Waals surface area contributed by atoms with Crippen molar-refractivity contribution in [3.8, 4) is 17.0 Å². The third-order valence-electron chi connectivity index (χ3n) is 6.93. The Morgan fingerprint density at radius 1 is 1.03 bits per heavy atom. The summed E-state index contributed by atoms with van der Waals surface area (Å²) in [6, 6.07) is 16.8. The number of aromatic nitrogens is 4. The summed E-state index contributed by atoms with van der Waals surface area (Å²) in [5.41, 5.74) is 7.28. The summed E-state index contributed by atoms with van der Waals surface area (Å²) < 4.78 is 7.84. The van der Waals surface area contributed by atoms with Crippen LogP contribution in [0.1, 0.15) is 54.6 Å². The molecular weight excluding hydrogens is 384 g/mol. The van der Waals surface area contributed by atoms with E-state index in [1.54, 1.807) is 0 Å². The van der Waals surface area contributed by atoms with Gasteiger partial charge in [0.1, 0.15) is 18.7 Å². The highest BCUT2D eigenvalue weighted by atomic mass is 16.5. The minimum atomic E-state index is 0.110. The predicted octanol–water partition coefficient (Wildman–Crippen LogP) is 5.44. The first-order valence-corrected chi connectivity index (χ1v) is 11.2. The number of benzene rings is 2. The van der Waals surface area contributed by atoms with Gasteiger partial charge in [-0.3, -0.25) is 0 Å². The molecule has 4 aromatic rings. The molecule has 156 valence electrons. The first kappa shape index (κ1) is 18.6. The van der Waals surface area contributed by atoms with Crippen LogP contribution in [0, 0.1) is 6.92 Å². The Morgan fingerprint density at radius 2 is 1.90 bits per heavy atom. The van der Waals surface area contributed by atoms with E-state index in [4.69, 9.17) is 19.8 Å². The van der Waals surface area contributed by atoms with E-state index in [1.807, 2.05) is 29.0 Å². The number of rotatable bonds is 3. The van der Waals surface area contributed by atoms with Gasteiger partial charge in [0.2, 0.25) is 0 Å². The van der Waals surface area contributed by atoms with Crippen molar-refractivity contribution in [2.45, 2.75) is 57.5 Å². The van der Waals surface area contributed by atoms with Crippen molar-refractivity contribution in [2.75, 3.05) is 0 Å². The van der Waals surface area contributed by atoms with E-state index in [-0.39, 0.29) is 5.41 Å². The van der Waals surface area contributed by atoms with Crippen LogP contribution in [0.15, 0.2) is 54.9 Å². The van der Waals surface area contributed by atoms with Crippen LogP contribution in [0.25, 0.3) is 16.9 Å². The van der Waals surface area contributed by atoms with E-state index in [9.17, 15) is 0 Å². The zero-order valence-electron chi connectivity index (χ0n) is 17.8. The van der Waals surface area contributed by atoms with Crippen LogP contribution < -0.4 is 4.74 Å². The van der Waals surface area contributed by atoms with Crippen LogP contribution in [0.5, 0.6) is 5.75 Å². The molecular formula is C26H26N4O. The maximum atomic E-state index is 5.98. The molecule has 0 radical (unpaired) electrons. The van der Waals surface area contributed by atoms with Crippen LogP contribution in [-0.2, 0) is 18.4 Å². The molecule has 6 rings (SSSR count). The first-order chi connectivity index (χ1) is 15.2. The maximum Gasteiger partial charge on any atom is 0.189 e. The number of hydrogen-bond acceptors (Lipinski definition) is 4. The molecule has 2 heterocycles. The predicted molar refractivity (Wildman–Crippen MR) is 120 cm³/mol. The van der Waals surface area contributed by atoms with Gasteiger partial charge < -0.3 is 4.74 Å². The summed E-state index contributed by atoms with van der Waals surface area (Å²) in [7, 11) is 0. The number of aryl methyl sites for hydroxylation is 1. The lowest BCUT2D eigenvalue weighted by Crippen LogP contribution is -2.36. The molecule has 0 amide bonds. The van der Waals surface area contributed by atoms with Crippen molar-refractivity contribution in [1.29, 1.82) is 0 Å². The smallest absolute Gasteiger partial charge is 0.189 e. The van der Waals surface area contributed by atoms with Gasteiger partial charge in [-0.15, -0.1) is 5.10 Å². The van der Waals surface area contributed by atoms with Gasteiger partial charge in [0.15, 0.2) is 11.5 Å². The van der Waals surface area contributed by atoms with Gasteiger partial charge in [-0.25, -0.2) is 14.5 Å². The molecule has 0 saturated heterocycles. The highest BCUT2D eigenvalue weighted by Gasteiger charge is 2.42. The Labute approximate surface area is 182 Å². The topological polar surface area (TPSA) is 52.3 Å². The second-order valence-corrected chi connectivity index (χ2v) is 9.04. The van der Waals surface area contributed by atoms with Crippen molar-refractivity contribution >= 4 is 5.65 Å². The van der Waals surface area contributed by atoms with Crippen molar-refractivity contribution in [3.63, 3.8) is 0 Å². The molecule has 2 aromatic carbocycles. The Morgan fingerprint density at radius 3 is 2.77 bits per heavy atom. The Hall–Kier alpha value is -3.21. The van der Waals surface area contributed by atoms with Gasteiger partial charge in [0.25, 0.3) is 0 Å². The van der Waals surface area contributed by atoms with Gasteiger partial charge in [0.05, 0.1) is 5.69 Å². The number of fused-ring (bicyclic) bond motifs is 6. The highest BCUT2D eigenvalue weighted by Crippen LogP contribution is 2.50. The molecule has 0 bridgehead atoms. The van der Waals surface area contributed by atoms with E-state index in [2.05, 4.69) is 37.3 Å². The lowest BCUT2D eigenvalue weighted by Gasteiger charge is -2.42. The van der Waals surface area contributed by atoms with Gasteiger partial charge >= 0.3 is 0 Å². The van der Waals surface area contributed by atoms with Crippen LogP contribution in [-0.4, -0.2) is 19.6 Å². The fourth-order valence-corrected chi connectivity index (χ4v) is 5.52. The second kappa shape index (κ2) is 7.19. The van der Waals surface area contributed by atoms with Crippen LogP contribution >= 0.6 is 0 Å².